The number of carbonyl (C=O) groups excluding carboxylic acids is 2. The van der Waals surface area contributed by atoms with E-state index in [1.807, 2.05) is 6.20 Å². The molecule has 2 N–H and O–H groups in total. The molecule has 0 bridgehead atoms. The molecule has 0 unspecified atom stereocenters. The van der Waals surface area contributed by atoms with Crippen LogP contribution in [0.4, 0.5) is 11.4 Å². The maximum Gasteiger partial charge on any atom is 0.276 e. The number of rotatable bonds is 4. The molecule has 1 aromatic carbocycles. The zero-order valence-corrected chi connectivity index (χ0v) is 16.5. The fraction of sp³-hybridized carbons (Fsp3) is 0.300. The molecule has 3 rings (SSSR count). The van der Waals surface area contributed by atoms with Crippen LogP contribution >= 0.6 is 0 Å². The Labute approximate surface area is 162 Å². The van der Waals surface area contributed by atoms with E-state index in [1.54, 1.807) is 34.8 Å². The first kappa shape index (κ1) is 19.3. The van der Waals surface area contributed by atoms with Gasteiger partial charge in [-0.25, -0.2) is 9.50 Å². The average Bonchev–Trinajstić information content (AvgIpc) is 3.05. The van der Waals surface area contributed by atoms with E-state index in [4.69, 9.17) is 4.74 Å². The van der Waals surface area contributed by atoms with Crippen LogP contribution < -0.4 is 15.4 Å². The van der Waals surface area contributed by atoms with Crippen molar-refractivity contribution >= 4 is 28.8 Å². The van der Waals surface area contributed by atoms with Crippen molar-refractivity contribution in [1.29, 1.82) is 0 Å². The van der Waals surface area contributed by atoms with Crippen molar-refractivity contribution in [2.75, 3.05) is 17.7 Å². The molecule has 2 amide bonds. The summed E-state index contributed by atoms with van der Waals surface area (Å²) in [4.78, 5) is 28.5. The molecule has 8 heteroatoms. The second-order valence-corrected chi connectivity index (χ2v) is 7.45. The van der Waals surface area contributed by atoms with E-state index >= 15 is 0 Å². The lowest BCUT2D eigenvalue weighted by Crippen LogP contribution is -2.16. The van der Waals surface area contributed by atoms with Crippen molar-refractivity contribution in [3.05, 3.63) is 47.9 Å². The fourth-order valence-corrected chi connectivity index (χ4v) is 2.64. The van der Waals surface area contributed by atoms with Gasteiger partial charge in [-0.05, 0) is 30.3 Å². The highest BCUT2D eigenvalue weighted by molar-refractivity contribution is 6.04. The van der Waals surface area contributed by atoms with E-state index < -0.39 is 5.91 Å². The van der Waals surface area contributed by atoms with Crippen molar-refractivity contribution in [3.8, 4) is 5.75 Å². The molecule has 0 radical (unpaired) electrons. The van der Waals surface area contributed by atoms with Gasteiger partial charge in [-0.3, -0.25) is 9.59 Å². The number of methoxy groups -OCH3 is 1. The van der Waals surface area contributed by atoms with Crippen molar-refractivity contribution in [3.63, 3.8) is 0 Å². The normalized spacial score (nSPS) is 11.3. The molecule has 3 aromatic rings. The monoisotopic (exact) mass is 381 g/mol. The zero-order chi connectivity index (χ0) is 20.5. The first-order chi connectivity index (χ1) is 13.2. The van der Waals surface area contributed by atoms with Gasteiger partial charge in [0.15, 0.2) is 5.65 Å². The third-order valence-corrected chi connectivity index (χ3v) is 4.09. The van der Waals surface area contributed by atoms with E-state index in [1.165, 1.54) is 14.0 Å². The molecule has 28 heavy (non-hydrogen) atoms. The number of imidazole rings is 1. The van der Waals surface area contributed by atoms with E-state index in [0.29, 0.717) is 22.8 Å². The third-order valence-electron chi connectivity index (χ3n) is 4.09. The predicted octanol–water partition coefficient (Wildman–Crippen LogP) is 3.25. The molecule has 0 spiro atoms. The summed E-state index contributed by atoms with van der Waals surface area (Å²) in [5.74, 6) is -0.128. The number of fused-ring (bicyclic) bond motifs is 1. The average molecular weight is 381 g/mol. The van der Waals surface area contributed by atoms with Gasteiger partial charge in [-0.15, -0.1) is 0 Å². The van der Waals surface area contributed by atoms with Gasteiger partial charge >= 0.3 is 0 Å². The van der Waals surface area contributed by atoms with Gasteiger partial charge in [0.1, 0.15) is 11.4 Å². The van der Waals surface area contributed by atoms with Crippen LogP contribution in [-0.4, -0.2) is 33.5 Å². The minimum absolute atomic E-state index is 0.117. The minimum atomic E-state index is -0.397. The standard InChI is InChI=1S/C20H23N5O3/c1-12(26)21-13-6-8-16(28-5)15(10-13)22-19(27)14-7-9-18-23-17(20(2,3)4)11-25(18)24-14/h6-11H,1-5H3,(H,21,26)(H,22,27). The van der Waals surface area contributed by atoms with Crippen LogP contribution in [0.1, 0.15) is 43.9 Å². The molecule has 0 fully saturated rings. The maximum absolute atomic E-state index is 12.7. The van der Waals surface area contributed by atoms with Gasteiger partial charge in [-0.1, -0.05) is 20.8 Å². The summed E-state index contributed by atoms with van der Waals surface area (Å²) in [5.41, 5.74) is 2.66. The summed E-state index contributed by atoms with van der Waals surface area (Å²) in [7, 11) is 1.51. The van der Waals surface area contributed by atoms with Crippen LogP contribution in [0.5, 0.6) is 5.75 Å². The van der Waals surface area contributed by atoms with Gasteiger partial charge in [-0.2, -0.15) is 5.10 Å². The number of hydrogen-bond donors (Lipinski definition) is 2. The number of hydrogen-bond acceptors (Lipinski definition) is 5. The lowest BCUT2D eigenvalue weighted by molar-refractivity contribution is -0.114. The highest BCUT2D eigenvalue weighted by Crippen LogP contribution is 2.28. The molecule has 2 heterocycles. The number of carbonyl (C=O) groups is 2. The van der Waals surface area contributed by atoms with Crippen LogP contribution in [0, 0.1) is 0 Å². The van der Waals surface area contributed by atoms with Gasteiger partial charge in [0.25, 0.3) is 5.91 Å². The largest absolute Gasteiger partial charge is 0.495 e. The van der Waals surface area contributed by atoms with Crippen molar-refractivity contribution in [2.45, 2.75) is 33.1 Å². The Balaban J connectivity index is 1.89. The second-order valence-electron chi connectivity index (χ2n) is 7.45. The number of benzene rings is 1. The smallest absolute Gasteiger partial charge is 0.276 e. The first-order valence-electron chi connectivity index (χ1n) is 8.81. The zero-order valence-electron chi connectivity index (χ0n) is 16.5. The van der Waals surface area contributed by atoms with Crippen LogP contribution in [0.15, 0.2) is 36.5 Å². The number of anilines is 2. The van der Waals surface area contributed by atoms with Gasteiger partial charge in [0.05, 0.1) is 24.7 Å². The lowest BCUT2D eigenvalue weighted by Gasteiger charge is -2.13. The molecule has 0 saturated carbocycles. The molecule has 0 aliphatic rings. The van der Waals surface area contributed by atoms with Gasteiger partial charge in [0, 0.05) is 18.0 Å². The minimum Gasteiger partial charge on any atom is -0.495 e. The molecule has 0 aliphatic carbocycles. The van der Waals surface area contributed by atoms with E-state index in [9.17, 15) is 9.59 Å². The molecular formula is C20H23N5O3. The predicted molar refractivity (Wildman–Crippen MR) is 107 cm³/mol. The summed E-state index contributed by atoms with van der Waals surface area (Å²) >= 11 is 0. The summed E-state index contributed by atoms with van der Waals surface area (Å²) in [6.07, 6.45) is 1.82. The number of nitrogens with zero attached hydrogens (tertiary/aromatic N) is 3. The lowest BCUT2D eigenvalue weighted by atomic mass is 9.93. The fourth-order valence-electron chi connectivity index (χ4n) is 2.64. The Morgan fingerprint density at radius 2 is 1.86 bits per heavy atom. The molecule has 146 valence electrons. The van der Waals surface area contributed by atoms with Crippen LogP contribution in [0.2, 0.25) is 0 Å². The van der Waals surface area contributed by atoms with Crippen LogP contribution in [-0.2, 0) is 10.2 Å². The summed E-state index contributed by atoms with van der Waals surface area (Å²) in [6.45, 7) is 7.61. The Hall–Kier alpha value is -3.42. The maximum atomic E-state index is 12.7. The Morgan fingerprint density at radius 3 is 2.50 bits per heavy atom. The number of aromatic nitrogens is 3. The Morgan fingerprint density at radius 1 is 1.11 bits per heavy atom. The number of ether oxygens (including phenoxy) is 1. The highest BCUT2D eigenvalue weighted by Gasteiger charge is 2.19. The molecule has 0 atom stereocenters. The summed E-state index contributed by atoms with van der Waals surface area (Å²) in [6, 6.07) is 8.37. The third kappa shape index (κ3) is 4.11. The van der Waals surface area contributed by atoms with Gasteiger partial charge < -0.3 is 15.4 Å². The van der Waals surface area contributed by atoms with Crippen molar-refractivity contribution in [2.24, 2.45) is 0 Å². The van der Waals surface area contributed by atoms with Crippen molar-refractivity contribution < 1.29 is 14.3 Å². The highest BCUT2D eigenvalue weighted by atomic mass is 16.5. The van der Waals surface area contributed by atoms with Gasteiger partial charge in [0.2, 0.25) is 5.91 Å². The topological polar surface area (TPSA) is 97.6 Å². The van der Waals surface area contributed by atoms with Crippen LogP contribution in [0.25, 0.3) is 5.65 Å². The molecule has 0 saturated heterocycles. The Kier molecular flexibility index (Phi) is 5.04. The summed E-state index contributed by atoms with van der Waals surface area (Å²) < 4.78 is 6.89. The first-order valence-corrected chi connectivity index (χ1v) is 8.81. The number of amides is 2. The van der Waals surface area contributed by atoms with Crippen molar-refractivity contribution in [1.82, 2.24) is 14.6 Å². The van der Waals surface area contributed by atoms with E-state index in [2.05, 4.69) is 41.5 Å². The van der Waals surface area contributed by atoms with E-state index in [0.717, 1.165) is 5.69 Å². The second kappa shape index (κ2) is 7.30. The molecular weight excluding hydrogens is 358 g/mol. The molecule has 2 aromatic heterocycles. The quantitative estimate of drug-likeness (QED) is 0.723. The molecule has 8 nitrogen and oxygen atoms in total. The number of nitrogens with one attached hydrogen (secondary N) is 2. The SMILES string of the molecule is COc1ccc(NC(C)=O)cc1NC(=O)c1ccc2nc(C(C)(C)C)cn2n1. The molecule has 0 aliphatic heterocycles. The van der Waals surface area contributed by atoms with Crippen LogP contribution in [0.3, 0.4) is 0 Å². The summed E-state index contributed by atoms with van der Waals surface area (Å²) in [5, 5.41) is 9.82. The Bertz CT molecular complexity index is 1050. The van der Waals surface area contributed by atoms with E-state index in [-0.39, 0.29) is 17.0 Å².